The van der Waals surface area contributed by atoms with E-state index >= 15 is 0 Å². The molecule has 1 aliphatic heterocycles. The molecule has 0 saturated carbocycles. The minimum absolute atomic E-state index is 0.0669. The van der Waals surface area contributed by atoms with Crippen LogP contribution < -0.4 is 14.2 Å². The van der Waals surface area contributed by atoms with Crippen LogP contribution in [-0.4, -0.2) is 56.3 Å². The van der Waals surface area contributed by atoms with Crippen LogP contribution in [0.2, 0.25) is 0 Å². The van der Waals surface area contributed by atoms with Crippen LogP contribution in [0.3, 0.4) is 0 Å². The van der Waals surface area contributed by atoms with Gasteiger partial charge in [0.2, 0.25) is 5.75 Å². The number of ether oxygens (including phenoxy) is 3. The number of carbonyl (C=O) groups excluding carboxylic acids is 1. The molecule has 2 rings (SSSR count). The third-order valence-electron chi connectivity index (χ3n) is 5.03. The number of hydrogen-bond acceptors (Lipinski definition) is 5. The molecule has 1 saturated heterocycles. The van der Waals surface area contributed by atoms with Crippen LogP contribution in [0.25, 0.3) is 0 Å². The molecule has 1 amide bonds. The van der Waals surface area contributed by atoms with Gasteiger partial charge in [0, 0.05) is 18.7 Å². The lowest BCUT2D eigenvalue weighted by Gasteiger charge is -2.28. The average Bonchev–Trinajstić information content (AvgIpc) is 3.06. The molecule has 25 heavy (non-hydrogen) atoms. The molecule has 1 aliphatic rings. The molecule has 1 fully saturated rings. The van der Waals surface area contributed by atoms with Crippen LogP contribution in [0.1, 0.15) is 30.6 Å². The number of nitrogens with zero attached hydrogens (tertiary/aromatic N) is 1. The summed E-state index contributed by atoms with van der Waals surface area (Å²) in [7, 11) is 4.46. The second-order valence-corrected chi connectivity index (χ2v) is 6.51. The number of rotatable bonds is 6. The van der Waals surface area contributed by atoms with Gasteiger partial charge >= 0.3 is 5.97 Å². The molecule has 7 nitrogen and oxygen atoms in total. The Morgan fingerprint density at radius 2 is 1.68 bits per heavy atom. The standard InChI is InChI=1S/C18H25NO6/c1-11(2)18(17(21)22)6-7-19(10-18)16(20)12-8-13(23-3)15(25-5)14(9-12)24-4/h8-9,11H,6-7,10H2,1-5H3,(H,21,22). The van der Waals surface area contributed by atoms with Gasteiger partial charge in [0.1, 0.15) is 0 Å². The first kappa shape index (κ1) is 18.9. The zero-order valence-electron chi connectivity index (χ0n) is 15.3. The van der Waals surface area contributed by atoms with Crippen molar-refractivity contribution < 1.29 is 28.9 Å². The first-order valence-electron chi connectivity index (χ1n) is 8.13. The Balaban J connectivity index is 2.34. The lowest BCUT2D eigenvalue weighted by atomic mass is 9.76. The first-order chi connectivity index (χ1) is 11.8. The second-order valence-electron chi connectivity index (χ2n) is 6.51. The monoisotopic (exact) mass is 351 g/mol. The maximum absolute atomic E-state index is 12.9. The summed E-state index contributed by atoms with van der Waals surface area (Å²) < 4.78 is 15.8. The van der Waals surface area contributed by atoms with E-state index in [4.69, 9.17) is 14.2 Å². The van der Waals surface area contributed by atoms with E-state index in [1.54, 1.807) is 17.0 Å². The molecule has 1 atom stereocenters. The lowest BCUT2D eigenvalue weighted by Crippen LogP contribution is -2.40. The summed E-state index contributed by atoms with van der Waals surface area (Å²) in [6.45, 7) is 4.35. The molecule has 0 bridgehead atoms. The zero-order valence-corrected chi connectivity index (χ0v) is 15.3. The maximum Gasteiger partial charge on any atom is 0.311 e. The minimum atomic E-state index is -0.906. The molecular weight excluding hydrogens is 326 g/mol. The highest BCUT2D eigenvalue weighted by Gasteiger charge is 2.48. The first-order valence-corrected chi connectivity index (χ1v) is 8.13. The Kier molecular flexibility index (Phi) is 5.45. The van der Waals surface area contributed by atoms with E-state index in [9.17, 15) is 14.7 Å². The van der Waals surface area contributed by atoms with Crippen molar-refractivity contribution in [2.24, 2.45) is 11.3 Å². The van der Waals surface area contributed by atoms with Gasteiger partial charge < -0.3 is 24.2 Å². The van der Waals surface area contributed by atoms with Gasteiger partial charge in [-0.25, -0.2) is 0 Å². The van der Waals surface area contributed by atoms with Crippen LogP contribution >= 0.6 is 0 Å². The topological polar surface area (TPSA) is 85.3 Å². The Labute approximate surface area is 147 Å². The van der Waals surface area contributed by atoms with Crippen LogP contribution in [0, 0.1) is 11.3 Å². The van der Waals surface area contributed by atoms with Gasteiger partial charge in [-0.05, 0) is 24.5 Å². The fraction of sp³-hybridized carbons (Fsp3) is 0.556. The number of hydrogen-bond donors (Lipinski definition) is 1. The molecule has 1 N–H and O–H groups in total. The summed E-state index contributed by atoms with van der Waals surface area (Å²) in [5, 5.41) is 9.64. The quantitative estimate of drug-likeness (QED) is 0.846. The molecule has 0 aromatic heterocycles. The summed E-state index contributed by atoms with van der Waals surface area (Å²) in [5.41, 5.74) is -0.532. The molecule has 0 spiro atoms. The van der Waals surface area contributed by atoms with Crippen molar-refractivity contribution in [1.29, 1.82) is 0 Å². The summed E-state index contributed by atoms with van der Waals surface area (Å²) in [6, 6.07) is 3.17. The molecule has 1 aromatic rings. The molecule has 7 heteroatoms. The van der Waals surface area contributed by atoms with Crippen LogP contribution in [0.5, 0.6) is 17.2 Å². The third-order valence-corrected chi connectivity index (χ3v) is 5.03. The van der Waals surface area contributed by atoms with Crippen molar-refractivity contribution in [1.82, 2.24) is 4.90 Å². The molecule has 0 aliphatic carbocycles. The van der Waals surface area contributed by atoms with Crippen molar-refractivity contribution in [3.63, 3.8) is 0 Å². The van der Waals surface area contributed by atoms with Crippen molar-refractivity contribution in [3.05, 3.63) is 17.7 Å². The molecule has 1 aromatic carbocycles. The van der Waals surface area contributed by atoms with Crippen molar-refractivity contribution >= 4 is 11.9 Å². The van der Waals surface area contributed by atoms with E-state index < -0.39 is 11.4 Å². The van der Waals surface area contributed by atoms with Crippen LogP contribution in [0.15, 0.2) is 12.1 Å². The number of amides is 1. The predicted octanol–water partition coefficient (Wildman–Crippen LogP) is 2.29. The van der Waals surface area contributed by atoms with E-state index in [0.717, 1.165) is 0 Å². The van der Waals surface area contributed by atoms with E-state index in [0.29, 0.717) is 35.8 Å². The fourth-order valence-corrected chi connectivity index (χ4v) is 3.29. The van der Waals surface area contributed by atoms with Gasteiger partial charge in [-0.3, -0.25) is 9.59 Å². The highest BCUT2D eigenvalue weighted by molar-refractivity contribution is 5.96. The normalized spacial score (nSPS) is 19.8. The largest absolute Gasteiger partial charge is 0.493 e. The number of benzene rings is 1. The van der Waals surface area contributed by atoms with Gasteiger partial charge in [0.25, 0.3) is 5.91 Å². The Morgan fingerprint density at radius 1 is 1.12 bits per heavy atom. The van der Waals surface area contributed by atoms with Gasteiger partial charge in [0.05, 0.1) is 26.7 Å². The lowest BCUT2D eigenvalue weighted by molar-refractivity contribution is -0.150. The summed E-state index contributed by atoms with van der Waals surface area (Å²) >= 11 is 0. The fourth-order valence-electron chi connectivity index (χ4n) is 3.29. The van der Waals surface area contributed by atoms with E-state index in [2.05, 4.69) is 0 Å². The summed E-state index contributed by atoms with van der Waals surface area (Å²) in [6.07, 6.45) is 0.441. The Hall–Kier alpha value is -2.44. The number of likely N-dealkylation sites (tertiary alicyclic amines) is 1. The molecule has 1 heterocycles. The predicted molar refractivity (Wildman–Crippen MR) is 91.5 cm³/mol. The second kappa shape index (κ2) is 7.21. The maximum atomic E-state index is 12.9. The van der Waals surface area contributed by atoms with Crippen molar-refractivity contribution in [3.8, 4) is 17.2 Å². The zero-order chi connectivity index (χ0) is 18.8. The molecule has 0 radical (unpaired) electrons. The Bertz CT molecular complexity index is 647. The van der Waals surface area contributed by atoms with Gasteiger partial charge in [-0.1, -0.05) is 13.8 Å². The number of carbonyl (C=O) groups is 2. The molecule has 138 valence electrons. The van der Waals surface area contributed by atoms with Gasteiger partial charge in [-0.2, -0.15) is 0 Å². The SMILES string of the molecule is COc1cc(C(=O)N2CCC(C(=O)O)(C(C)C)C2)cc(OC)c1OC. The van der Waals surface area contributed by atoms with E-state index in [-0.39, 0.29) is 18.4 Å². The van der Waals surface area contributed by atoms with E-state index in [1.807, 2.05) is 13.8 Å². The average molecular weight is 351 g/mol. The highest BCUT2D eigenvalue weighted by atomic mass is 16.5. The summed E-state index contributed by atoms with van der Waals surface area (Å²) in [4.78, 5) is 26.2. The highest BCUT2D eigenvalue weighted by Crippen LogP contribution is 2.41. The number of carboxylic acid groups (broad SMARTS) is 1. The molecular formula is C18H25NO6. The van der Waals surface area contributed by atoms with Crippen LogP contribution in [-0.2, 0) is 4.79 Å². The molecule has 1 unspecified atom stereocenters. The smallest absolute Gasteiger partial charge is 0.311 e. The van der Waals surface area contributed by atoms with Gasteiger partial charge in [-0.15, -0.1) is 0 Å². The number of aliphatic carboxylic acids is 1. The van der Waals surface area contributed by atoms with E-state index in [1.165, 1.54) is 21.3 Å². The Morgan fingerprint density at radius 3 is 2.04 bits per heavy atom. The van der Waals surface area contributed by atoms with Crippen LogP contribution in [0.4, 0.5) is 0 Å². The third kappa shape index (κ3) is 3.23. The summed E-state index contributed by atoms with van der Waals surface area (Å²) in [5.74, 6) is 0.00834. The number of carboxylic acids is 1. The number of methoxy groups -OCH3 is 3. The van der Waals surface area contributed by atoms with Crippen molar-refractivity contribution in [2.75, 3.05) is 34.4 Å². The van der Waals surface area contributed by atoms with Gasteiger partial charge in [0.15, 0.2) is 11.5 Å². The minimum Gasteiger partial charge on any atom is -0.493 e. The van der Waals surface area contributed by atoms with Crippen molar-refractivity contribution in [2.45, 2.75) is 20.3 Å².